The summed E-state index contributed by atoms with van der Waals surface area (Å²) in [6, 6.07) is 7.35. The maximum absolute atomic E-state index is 13.5. The third kappa shape index (κ3) is 6.40. The Bertz CT molecular complexity index is 1530. The van der Waals surface area contributed by atoms with Crippen molar-refractivity contribution < 1.29 is 14.0 Å². The zero-order chi connectivity index (χ0) is 29.4. The van der Waals surface area contributed by atoms with Crippen LogP contribution in [0.25, 0.3) is 16.7 Å². The van der Waals surface area contributed by atoms with Gasteiger partial charge in [-0.05, 0) is 37.2 Å². The van der Waals surface area contributed by atoms with Gasteiger partial charge in [0.1, 0.15) is 11.7 Å². The van der Waals surface area contributed by atoms with Gasteiger partial charge in [-0.2, -0.15) is 5.10 Å². The van der Waals surface area contributed by atoms with Crippen LogP contribution in [0.3, 0.4) is 0 Å². The van der Waals surface area contributed by atoms with Gasteiger partial charge in [0.25, 0.3) is 5.91 Å². The SMILES string of the molecule is Cc1cnc(NC(=O)C(CN2CC(O[Si](C)(C)C(C)(C)C)C2)Oc2ncnc3c2cnn3-c2ccccc2Cl)cn1. The third-order valence-corrected chi connectivity index (χ3v) is 12.5. The molecule has 0 saturated carbocycles. The van der Waals surface area contributed by atoms with E-state index >= 15 is 0 Å². The standard InChI is InChI=1S/C28H35ClN8O3Si/c1-18-11-31-24(13-30-18)35-26(38)23(16-36-14-19(15-36)40-41(5,6)28(2,3)4)39-27-20-12-34-37(25(20)32-17-33-27)22-10-8-7-9-21(22)29/h7-13,17,19,23H,14-16H2,1-6H3,(H,31,35,38). The number of nitrogens with one attached hydrogen (secondary N) is 1. The molecule has 0 radical (unpaired) electrons. The minimum atomic E-state index is -1.89. The minimum absolute atomic E-state index is 0.126. The van der Waals surface area contributed by atoms with Gasteiger partial charge in [-0.25, -0.2) is 19.6 Å². The van der Waals surface area contributed by atoms with Crippen LogP contribution in [0.15, 0.2) is 49.2 Å². The Hall–Kier alpha value is -3.45. The smallest absolute Gasteiger partial charge is 0.268 e. The zero-order valence-corrected chi connectivity index (χ0v) is 25.9. The molecule has 1 aliphatic rings. The molecule has 1 fully saturated rings. The molecule has 0 bridgehead atoms. The van der Waals surface area contributed by atoms with Crippen LogP contribution in [0.4, 0.5) is 5.82 Å². The van der Waals surface area contributed by atoms with Gasteiger partial charge >= 0.3 is 0 Å². The van der Waals surface area contributed by atoms with Crippen molar-refractivity contribution in [2.75, 3.05) is 25.0 Å². The van der Waals surface area contributed by atoms with E-state index in [1.54, 1.807) is 23.1 Å². The number of para-hydroxylation sites is 1. The van der Waals surface area contributed by atoms with E-state index in [4.69, 9.17) is 20.8 Å². The van der Waals surface area contributed by atoms with Gasteiger partial charge in [-0.3, -0.25) is 14.7 Å². The number of aryl methyl sites for hydroxylation is 1. The number of rotatable bonds is 9. The average molecular weight is 595 g/mol. The molecule has 0 spiro atoms. The molecule has 4 aromatic rings. The molecule has 1 aliphatic heterocycles. The Kier molecular flexibility index (Phi) is 8.10. The van der Waals surface area contributed by atoms with Gasteiger partial charge < -0.3 is 14.5 Å². The Morgan fingerprint density at radius 2 is 1.88 bits per heavy atom. The Morgan fingerprint density at radius 3 is 2.56 bits per heavy atom. The summed E-state index contributed by atoms with van der Waals surface area (Å²) in [7, 11) is -1.89. The molecule has 1 atom stereocenters. The summed E-state index contributed by atoms with van der Waals surface area (Å²) >= 11 is 6.41. The lowest BCUT2D eigenvalue weighted by Gasteiger charge is -2.46. The van der Waals surface area contributed by atoms with E-state index in [9.17, 15) is 4.79 Å². The van der Waals surface area contributed by atoms with Crippen molar-refractivity contribution in [2.45, 2.75) is 58.0 Å². The second-order valence-electron chi connectivity index (χ2n) is 11.8. The predicted molar refractivity (Wildman–Crippen MR) is 160 cm³/mol. The quantitative estimate of drug-likeness (QED) is 0.276. The van der Waals surface area contributed by atoms with Crippen molar-refractivity contribution in [3.05, 3.63) is 59.9 Å². The van der Waals surface area contributed by atoms with E-state index in [0.717, 1.165) is 5.69 Å². The molecule has 5 rings (SSSR count). The number of anilines is 1. The fourth-order valence-electron chi connectivity index (χ4n) is 4.26. The monoisotopic (exact) mass is 594 g/mol. The summed E-state index contributed by atoms with van der Waals surface area (Å²) in [5.41, 5.74) is 1.94. The number of fused-ring (bicyclic) bond motifs is 1. The maximum Gasteiger partial charge on any atom is 0.268 e. The second kappa shape index (κ2) is 11.4. The molecule has 1 saturated heterocycles. The van der Waals surface area contributed by atoms with Crippen molar-refractivity contribution in [2.24, 2.45) is 0 Å². The fourth-order valence-corrected chi connectivity index (χ4v) is 5.81. The van der Waals surface area contributed by atoms with Gasteiger partial charge in [0.15, 0.2) is 25.9 Å². The molecular formula is C28H35ClN8O3Si. The number of halogens is 1. The number of carbonyl (C=O) groups excluding carboxylic acids is 1. The zero-order valence-electron chi connectivity index (χ0n) is 24.1. The number of amides is 1. The number of carbonyl (C=O) groups is 1. The second-order valence-corrected chi connectivity index (χ2v) is 16.9. The highest BCUT2D eigenvalue weighted by Gasteiger charge is 2.42. The lowest BCUT2D eigenvalue weighted by atomic mass is 10.1. The third-order valence-electron chi connectivity index (χ3n) is 7.60. The molecule has 11 nitrogen and oxygen atoms in total. The first-order valence-electron chi connectivity index (χ1n) is 13.5. The van der Waals surface area contributed by atoms with E-state index in [-0.39, 0.29) is 22.9 Å². The Labute approximate surface area is 245 Å². The number of benzene rings is 1. The van der Waals surface area contributed by atoms with E-state index in [1.165, 1.54) is 12.5 Å². The summed E-state index contributed by atoms with van der Waals surface area (Å²) in [5.74, 6) is 0.233. The maximum atomic E-state index is 13.5. The fraction of sp³-hybridized carbons (Fsp3) is 0.429. The van der Waals surface area contributed by atoms with Gasteiger partial charge in [0, 0.05) is 19.6 Å². The van der Waals surface area contributed by atoms with Crippen LogP contribution in [0.5, 0.6) is 5.88 Å². The van der Waals surface area contributed by atoms with Crippen molar-refractivity contribution in [3.63, 3.8) is 0 Å². The van der Waals surface area contributed by atoms with Gasteiger partial charge in [0.05, 0.1) is 41.1 Å². The lowest BCUT2D eigenvalue weighted by Crippen LogP contribution is -2.60. The molecular weight excluding hydrogens is 560 g/mol. The Balaban J connectivity index is 1.36. The van der Waals surface area contributed by atoms with Crippen LogP contribution in [0.1, 0.15) is 26.5 Å². The first-order chi connectivity index (χ1) is 19.4. The molecule has 216 valence electrons. The predicted octanol–water partition coefficient (Wildman–Crippen LogP) is 4.66. The molecule has 1 amide bonds. The number of aromatic nitrogens is 6. The highest BCUT2D eigenvalue weighted by atomic mass is 35.5. The van der Waals surface area contributed by atoms with E-state index in [2.05, 4.69) is 69.1 Å². The summed E-state index contributed by atoms with van der Waals surface area (Å²) in [4.78, 5) is 32.9. The van der Waals surface area contributed by atoms with Crippen molar-refractivity contribution in [3.8, 4) is 11.6 Å². The molecule has 0 aliphatic carbocycles. The summed E-state index contributed by atoms with van der Waals surface area (Å²) in [6.45, 7) is 14.8. The summed E-state index contributed by atoms with van der Waals surface area (Å²) in [5, 5.41) is 8.52. The van der Waals surface area contributed by atoms with Gasteiger partial charge in [-0.1, -0.05) is 44.5 Å². The van der Waals surface area contributed by atoms with E-state index in [0.29, 0.717) is 47.2 Å². The molecule has 13 heteroatoms. The normalized spacial score (nSPS) is 15.5. The van der Waals surface area contributed by atoms with Crippen molar-refractivity contribution >= 4 is 42.7 Å². The largest absolute Gasteiger partial charge is 0.462 e. The van der Waals surface area contributed by atoms with E-state index in [1.807, 2.05) is 25.1 Å². The highest BCUT2D eigenvalue weighted by Crippen LogP contribution is 2.38. The number of likely N-dealkylation sites (tertiary alicyclic amines) is 1. The topological polar surface area (TPSA) is 120 Å². The molecule has 1 aromatic carbocycles. The highest BCUT2D eigenvalue weighted by molar-refractivity contribution is 6.74. The first kappa shape index (κ1) is 29.1. The van der Waals surface area contributed by atoms with Crippen LogP contribution in [-0.4, -0.2) is 80.7 Å². The molecule has 3 aromatic heterocycles. The van der Waals surface area contributed by atoms with Crippen LogP contribution in [-0.2, 0) is 9.22 Å². The molecule has 4 heterocycles. The van der Waals surface area contributed by atoms with Crippen LogP contribution in [0, 0.1) is 6.92 Å². The summed E-state index contributed by atoms with van der Waals surface area (Å²) in [6.07, 6.45) is 5.35. The first-order valence-corrected chi connectivity index (χ1v) is 16.8. The number of nitrogens with zero attached hydrogens (tertiary/aromatic N) is 7. The number of hydrogen-bond donors (Lipinski definition) is 1. The molecule has 1 unspecified atom stereocenters. The van der Waals surface area contributed by atoms with Crippen LogP contribution < -0.4 is 10.1 Å². The average Bonchev–Trinajstić information content (AvgIpc) is 3.32. The Morgan fingerprint density at radius 1 is 1.12 bits per heavy atom. The number of ether oxygens (including phenoxy) is 1. The summed E-state index contributed by atoms with van der Waals surface area (Å²) < 4.78 is 14.5. The van der Waals surface area contributed by atoms with Gasteiger partial charge in [-0.15, -0.1) is 0 Å². The lowest BCUT2D eigenvalue weighted by molar-refractivity contribution is -0.125. The van der Waals surface area contributed by atoms with Crippen LogP contribution >= 0.6 is 11.6 Å². The van der Waals surface area contributed by atoms with Crippen molar-refractivity contribution in [1.29, 1.82) is 0 Å². The number of hydrogen-bond acceptors (Lipinski definition) is 9. The molecule has 41 heavy (non-hydrogen) atoms. The van der Waals surface area contributed by atoms with Gasteiger partial charge in [0.2, 0.25) is 5.88 Å². The van der Waals surface area contributed by atoms with Crippen molar-refractivity contribution in [1.82, 2.24) is 34.6 Å². The van der Waals surface area contributed by atoms with Crippen LogP contribution in [0.2, 0.25) is 23.2 Å². The minimum Gasteiger partial charge on any atom is -0.462 e. The molecule has 1 N–H and O–H groups in total. The van der Waals surface area contributed by atoms with E-state index < -0.39 is 14.4 Å².